The first kappa shape index (κ1) is 15.7. The summed E-state index contributed by atoms with van der Waals surface area (Å²) >= 11 is 3.32. The number of hydrogen-bond acceptors (Lipinski definition) is 5. The predicted molar refractivity (Wildman–Crippen MR) is 84.4 cm³/mol. The van der Waals surface area contributed by atoms with E-state index in [-0.39, 0.29) is 5.56 Å². The molecule has 0 saturated heterocycles. The summed E-state index contributed by atoms with van der Waals surface area (Å²) in [4.78, 5) is 16.4. The topological polar surface area (TPSA) is 69.0 Å². The van der Waals surface area contributed by atoms with Crippen LogP contribution in [0.5, 0.6) is 0 Å². The van der Waals surface area contributed by atoms with E-state index in [2.05, 4.69) is 31.3 Å². The number of rotatable bonds is 6. The molecule has 0 amide bonds. The zero-order valence-electron chi connectivity index (χ0n) is 12.0. The normalized spacial score (nSPS) is 10.6. The van der Waals surface area contributed by atoms with Crippen molar-refractivity contribution in [2.24, 2.45) is 0 Å². The maximum Gasteiger partial charge on any atom is 0.283 e. The van der Waals surface area contributed by atoms with Gasteiger partial charge in [-0.2, -0.15) is 5.10 Å². The van der Waals surface area contributed by atoms with Gasteiger partial charge in [0.25, 0.3) is 5.56 Å². The van der Waals surface area contributed by atoms with Crippen molar-refractivity contribution in [1.29, 1.82) is 0 Å². The summed E-state index contributed by atoms with van der Waals surface area (Å²) in [6, 6.07) is 3.90. The maximum absolute atomic E-state index is 12.1. The molecule has 0 aliphatic heterocycles. The van der Waals surface area contributed by atoms with Crippen LogP contribution in [0.25, 0.3) is 0 Å². The third kappa shape index (κ3) is 3.89. The lowest BCUT2D eigenvalue weighted by Crippen LogP contribution is -2.26. The first-order chi connectivity index (χ1) is 10.1. The Labute approximate surface area is 131 Å². The highest BCUT2D eigenvalue weighted by atomic mass is 79.9. The van der Waals surface area contributed by atoms with Gasteiger partial charge >= 0.3 is 0 Å². The number of aromatic nitrogens is 3. The SMILES string of the molecule is COCCn1ncc(NCc2ncccc2C)c(Br)c1=O. The number of aryl methyl sites for hydroxylation is 1. The van der Waals surface area contributed by atoms with E-state index in [1.54, 1.807) is 19.5 Å². The molecule has 0 aliphatic rings. The Morgan fingerprint density at radius 3 is 3.00 bits per heavy atom. The third-order valence-corrected chi connectivity index (χ3v) is 3.82. The standard InChI is InChI=1S/C14H17BrN4O2/c1-10-4-3-5-16-11(10)8-17-12-9-18-19(6-7-21-2)14(20)13(12)15/h3-5,9,17H,6-8H2,1-2H3. The molecule has 21 heavy (non-hydrogen) atoms. The van der Waals surface area contributed by atoms with Crippen LogP contribution in [-0.2, 0) is 17.8 Å². The van der Waals surface area contributed by atoms with Crippen LogP contribution < -0.4 is 10.9 Å². The average Bonchev–Trinajstić information content (AvgIpc) is 2.49. The summed E-state index contributed by atoms with van der Waals surface area (Å²) in [6.07, 6.45) is 3.37. The Morgan fingerprint density at radius 2 is 2.29 bits per heavy atom. The van der Waals surface area contributed by atoms with Crippen molar-refractivity contribution < 1.29 is 4.74 Å². The van der Waals surface area contributed by atoms with E-state index < -0.39 is 0 Å². The Bertz CT molecular complexity index is 672. The summed E-state index contributed by atoms with van der Waals surface area (Å²) in [6.45, 7) is 3.40. The largest absolute Gasteiger partial charge is 0.383 e. The van der Waals surface area contributed by atoms with Crippen molar-refractivity contribution in [3.05, 3.63) is 50.6 Å². The molecule has 112 valence electrons. The fourth-order valence-electron chi connectivity index (χ4n) is 1.81. The molecule has 1 N–H and O–H groups in total. The van der Waals surface area contributed by atoms with Gasteiger partial charge in [-0.25, -0.2) is 4.68 Å². The monoisotopic (exact) mass is 352 g/mol. The van der Waals surface area contributed by atoms with Crippen LogP contribution >= 0.6 is 15.9 Å². The van der Waals surface area contributed by atoms with E-state index >= 15 is 0 Å². The van der Waals surface area contributed by atoms with Crippen molar-refractivity contribution >= 4 is 21.6 Å². The highest BCUT2D eigenvalue weighted by molar-refractivity contribution is 9.10. The van der Waals surface area contributed by atoms with Gasteiger partial charge in [0.1, 0.15) is 4.47 Å². The quantitative estimate of drug-likeness (QED) is 0.860. The zero-order valence-corrected chi connectivity index (χ0v) is 13.6. The molecule has 0 aliphatic carbocycles. The predicted octanol–water partition coefficient (Wildman–Crippen LogP) is 1.97. The molecule has 7 heteroatoms. The molecule has 0 unspecified atom stereocenters. The number of nitrogens with zero attached hydrogens (tertiary/aromatic N) is 3. The van der Waals surface area contributed by atoms with Crippen LogP contribution in [0, 0.1) is 6.92 Å². The van der Waals surface area contributed by atoms with Gasteiger partial charge in [0, 0.05) is 13.3 Å². The fraction of sp³-hybridized carbons (Fsp3) is 0.357. The van der Waals surface area contributed by atoms with Gasteiger partial charge < -0.3 is 10.1 Å². The molecule has 2 aromatic rings. The number of methoxy groups -OCH3 is 1. The van der Waals surface area contributed by atoms with Crippen LogP contribution in [0.2, 0.25) is 0 Å². The number of ether oxygens (including phenoxy) is 1. The van der Waals surface area contributed by atoms with E-state index in [9.17, 15) is 4.79 Å². The smallest absolute Gasteiger partial charge is 0.283 e. The second-order valence-electron chi connectivity index (χ2n) is 4.51. The highest BCUT2D eigenvalue weighted by Gasteiger charge is 2.09. The lowest BCUT2D eigenvalue weighted by molar-refractivity contribution is 0.181. The van der Waals surface area contributed by atoms with Crippen molar-refractivity contribution in [2.75, 3.05) is 19.0 Å². The molecule has 6 nitrogen and oxygen atoms in total. The molecular formula is C14H17BrN4O2. The molecule has 0 bridgehead atoms. The molecule has 0 aromatic carbocycles. The van der Waals surface area contributed by atoms with Gasteiger partial charge in [0.15, 0.2) is 0 Å². The van der Waals surface area contributed by atoms with E-state index in [0.717, 1.165) is 11.3 Å². The molecule has 2 aromatic heterocycles. The first-order valence-electron chi connectivity index (χ1n) is 6.52. The van der Waals surface area contributed by atoms with E-state index in [1.165, 1.54) is 4.68 Å². The molecule has 0 atom stereocenters. The van der Waals surface area contributed by atoms with E-state index in [4.69, 9.17) is 4.74 Å². The summed E-state index contributed by atoms with van der Waals surface area (Å²) in [5.74, 6) is 0. The summed E-state index contributed by atoms with van der Waals surface area (Å²) < 4.78 is 6.78. The molecular weight excluding hydrogens is 336 g/mol. The number of pyridine rings is 1. The van der Waals surface area contributed by atoms with Crippen LogP contribution in [-0.4, -0.2) is 28.5 Å². The summed E-state index contributed by atoms with van der Waals surface area (Å²) in [5, 5.41) is 7.30. The Morgan fingerprint density at radius 1 is 1.48 bits per heavy atom. The van der Waals surface area contributed by atoms with Gasteiger partial charge in [-0.15, -0.1) is 0 Å². The first-order valence-corrected chi connectivity index (χ1v) is 7.31. The summed E-state index contributed by atoms with van der Waals surface area (Å²) in [5.41, 5.74) is 2.50. The summed E-state index contributed by atoms with van der Waals surface area (Å²) in [7, 11) is 1.59. The average molecular weight is 353 g/mol. The van der Waals surface area contributed by atoms with Crippen LogP contribution in [0.15, 0.2) is 33.8 Å². The minimum absolute atomic E-state index is 0.185. The maximum atomic E-state index is 12.1. The second-order valence-corrected chi connectivity index (χ2v) is 5.31. The third-order valence-electron chi connectivity index (χ3n) is 3.06. The Kier molecular flexibility index (Phi) is 5.46. The number of hydrogen-bond donors (Lipinski definition) is 1. The molecule has 2 heterocycles. The van der Waals surface area contributed by atoms with Gasteiger partial charge in [-0.3, -0.25) is 9.78 Å². The van der Waals surface area contributed by atoms with E-state index in [0.29, 0.717) is 29.9 Å². The molecule has 0 radical (unpaired) electrons. The number of halogens is 1. The van der Waals surface area contributed by atoms with Gasteiger partial charge in [0.2, 0.25) is 0 Å². The van der Waals surface area contributed by atoms with E-state index in [1.807, 2.05) is 19.1 Å². The molecule has 0 spiro atoms. The minimum atomic E-state index is -0.185. The second kappa shape index (κ2) is 7.33. The lowest BCUT2D eigenvalue weighted by Gasteiger charge is -2.11. The number of nitrogens with one attached hydrogen (secondary N) is 1. The molecule has 2 rings (SSSR count). The Balaban J connectivity index is 2.13. The van der Waals surface area contributed by atoms with Crippen molar-refractivity contribution in [3.8, 4) is 0 Å². The van der Waals surface area contributed by atoms with Crippen molar-refractivity contribution in [3.63, 3.8) is 0 Å². The van der Waals surface area contributed by atoms with Crippen molar-refractivity contribution in [2.45, 2.75) is 20.0 Å². The number of anilines is 1. The van der Waals surface area contributed by atoms with Crippen molar-refractivity contribution in [1.82, 2.24) is 14.8 Å². The van der Waals surface area contributed by atoms with Gasteiger partial charge in [0.05, 0.1) is 37.3 Å². The van der Waals surface area contributed by atoms with Gasteiger partial charge in [-0.1, -0.05) is 6.07 Å². The van der Waals surface area contributed by atoms with Crippen LogP contribution in [0.3, 0.4) is 0 Å². The minimum Gasteiger partial charge on any atom is -0.383 e. The van der Waals surface area contributed by atoms with Gasteiger partial charge in [-0.05, 0) is 34.5 Å². The van der Waals surface area contributed by atoms with Crippen LogP contribution in [0.4, 0.5) is 5.69 Å². The molecule has 0 saturated carbocycles. The zero-order chi connectivity index (χ0) is 15.2. The lowest BCUT2D eigenvalue weighted by atomic mass is 10.2. The molecule has 0 fully saturated rings. The highest BCUT2D eigenvalue weighted by Crippen LogP contribution is 2.17. The fourth-order valence-corrected chi connectivity index (χ4v) is 2.25. The Hall–Kier alpha value is -1.73. The van der Waals surface area contributed by atoms with Crippen LogP contribution in [0.1, 0.15) is 11.3 Å².